The third kappa shape index (κ3) is 3.84. The number of hydrogen-bond donors (Lipinski definition) is 0. The zero-order valence-corrected chi connectivity index (χ0v) is 18.0. The summed E-state index contributed by atoms with van der Waals surface area (Å²) in [6.07, 6.45) is 13.3. The lowest BCUT2D eigenvalue weighted by atomic mass is 9.72. The third-order valence-electron chi connectivity index (χ3n) is 6.80. The van der Waals surface area contributed by atoms with Gasteiger partial charge in [-0.2, -0.15) is 0 Å². The molecule has 144 valence electrons. The van der Waals surface area contributed by atoms with Gasteiger partial charge in [-0.1, -0.05) is 46.1 Å². The summed E-state index contributed by atoms with van der Waals surface area (Å²) in [6, 6.07) is 9.68. The Morgan fingerprint density at radius 1 is 0.963 bits per heavy atom. The summed E-state index contributed by atoms with van der Waals surface area (Å²) in [4.78, 5) is 0. The standard InChI is InChI=1S/C26H36N/c1-19-13-21-16-26(11-7-6-8-12-26)17-22(21)14-23(19)24-10-9-20(18-27(24)5)15-25(2,3)4/h9-10,13-14,18H,6-8,11-12,15-17H2,1-5H3/q+1. The van der Waals surface area contributed by atoms with E-state index in [0.29, 0.717) is 10.8 Å². The smallest absolute Gasteiger partial charge is 0.201 e. The van der Waals surface area contributed by atoms with E-state index < -0.39 is 0 Å². The molecule has 0 amide bonds. The topological polar surface area (TPSA) is 3.88 Å². The molecule has 0 atom stereocenters. The predicted octanol–water partition coefficient (Wildman–Crippen LogP) is 6.12. The van der Waals surface area contributed by atoms with E-state index in [0.717, 1.165) is 6.42 Å². The number of fused-ring (bicyclic) bond motifs is 1. The van der Waals surface area contributed by atoms with Gasteiger partial charge in [0.25, 0.3) is 0 Å². The van der Waals surface area contributed by atoms with E-state index in [1.165, 1.54) is 67.3 Å². The molecule has 27 heavy (non-hydrogen) atoms. The summed E-state index contributed by atoms with van der Waals surface area (Å²) in [5.74, 6) is 0. The lowest BCUT2D eigenvalue weighted by Gasteiger charge is -2.33. The Morgan fingerprint density at radius 3 is 2.26 bits per heavy atom. The van der Waals surface area contributed by atoms with E-state index in [4.69, 9.17) is 0 Å². The molecular weight excluding hydrogens is 326 g/mol. The van der Waals surface area contributed by atoms with E-state index in [1.54, 1.807) is 11.1 Å². The molecule has 1 heteroatoms. The minimum atomic E-state index is 0.326. The van der Waals surface area contributed by atoms with Crippen LogP contribution in [0.2, 0.25) is 0 Å². The zero-order chi connectivity index (χ0) is 19.2. The van der Waals surface area contributed by atoms with Crippen molar-refractivity contribution in [2.24, 2.45) is 17.9 Å². The maximum Gasteiger partial charge on any atom is 0.212 e. The number of nitrogens with zero attached hydrogens (tertiary/aromatic N) is 1. The van der Waals surface area contributed by atoms with Crippen molar-refractivity contribution in [1.82, 2.24) is 0 Å². The molecule has 1 aromatic heterocycles. The first-order valence-electron chi connectivity index (χ1n) is 10.9. The van der Waals surface area contributed by atoms with Crippen molar-refractivity contribution in [2.45, 2.75) is 79.1 Å². The van der Waals surface area contributed by atoms with Crippen LogP contribution in [0.25, 0.3) is 11.3 Å². The van der Waals surface area contributed by atoms with Gasteiger partial charge in [0.05, 0.1) is 0 Å². The van der Waals surface area contributed by atoms with Crippen molar-refractivity contribution in [3.05, 3.63) is 52.7 Å². The first kappa shape index (κ1) is 18.7. The largest absolute Gasteiger partial charge is 0.212 e. The van der Waals surface area contributed by atoms with Crippen molar-refractivity contribution in [3.63, 3.8) is 0 Å². The Hall–Kier alpha value is -1.63. The van der Waals surface area contributed by atoms with Crippen molar-refractivity contribution in [1.29, 1.82) is 0 Å². The van der Waals surface area contributed by atoms with Gasteiger partial charge in [0.15, 0.2) is 6.20 Å². The van der Waals surface area contributed by atoms with Gasteiger partial charge in [-0.3, -0.25) is 0 Å². The summed E-state index contributed by atoms with van der Waals surface area (Å²) in [5, 5.41) is 0. The van der Waals surface area contributed by atoms with Gasteiger partial charge in [0, 0.05) is 17.2 Å². The molecule has 1 heterocycles. The van der Waals surface area contributed by atoms with Crippen molar-refractivity contribution >= 4 is 0 Å². The molecule has 1 aromatic carbocycles. The van der Waals surface area contributed by atoms with Crippen LogP contribution in [0.5, 0.6) is 0 Å². The Bertz CT molecular complexity index is 847. The Morgan fingerprint density at radius 2 is 1.63 bits per heavy atom. The fraction of sp³-hybridized carbons (Fsp3) is 0.577. The number of pyridine rings is 1. The highest BCUT2D eigenvalue weighted by molar-refractivity contribution is 5.64. The minimum Gasteiger partial charge on any atom is -0.201 e. The molecule has 1 nitrogen and oxygen atoms in total. The van der Waals surface area contributed by atoms with Crippen LogP contribution in [0.15, 0.2) is 30.5 Å². The fourth-order valence-electron chi connectivity index (χ4n) is 5.61. The van der Waals surface area contributed by atoms with Gasteiger partial charge < -0.3 is 0 Å². The minimum absolute atomic E-state index is 0.326. The molecule has 1 fully saturated rings. The van der Waals surface area contributed by atoms with Crippen LogP contribution in [-0.4, -0.2) is 0 Å². The first-order chi connectivity index (χ1) is 12.7. The van der Waals surface area contributed by atoms with Crippen LogP contribution in [0.3, 0.4) is 0 Å². The van der Waals surface area contributed by atoms with Gasteiger partial charge in [0.1, 0.15) is 7.05 Å². The highest BCUT2D eigenvalue weighted by atomic mass is 14.9. The maximum atomic E-state index is 2.52. The summed E-state index contributed by atoms with van der Waals surface area (Å²) >= 11 is 0. The summed E-state index contributed by atoms with van der Waals surface area (Å²) in [7, 11) is 2.21. The molecule has 4 rings (SSSR count). The van der Waals surface area contributed by atoms with Crippen molar-refractivity contribution in [2.75, 3.05) is 0 Å². The lowest BCUT2D eigenvalue weighted by molar-refractivity contribution is -0.660. The second-order valence-corrected chi connectivity index (χ2v) is 10.6. The molecular formula is C26H36N+. The second kappa shape index (κ2) is 6.76. The van der Waals surface area contributed by atoms with Gasteiger partial charge >= 0.3 is 0 Å². The van der Waals surface area contributed by atoms with Crippen molar-refractivity contribution < 1.29 is 4.57 Å². The average molecular weight is 363 g/mol. The number of aryl methyl sites for hydroxylation is 2. The Balaban J connectivity index is 1.65. The van der Waals surface area contributed by atoms with E-state index in [1.807, 2.05) is 0 Å². The molecule has 0 bridgehead atoms. The van der Waals surface area contributed by atoms with Crippen LogP contribution in [0.4, 0.5) is 0 Å². The van der Waals surface area contributed by atoms with Crippen molar-refractivity contribution in [3.8, 4) is 11.3 Å². The zero-order valence-electron chi connectivity index (χ0n) is 18.0. The molecule has 2 aromatic rings. The highest BCUT2D eigenvalue weighted by Crippen LogP contribution is 2.48. The average Bonchev–Trinajstić information content (AvgIpc) is 2.90. The van der Waals surface area contributed by atoms with Crippen LogP contribution in [-0.2, 0) is 26.3 Å². The first-order valence-corrected chi connectivity index (χ1v) is 10.9. The number of rotatable bonds is 2. The fourth-order valence-corrected chi connectivity index (χ4v) is 5.61. The quantitative estimate of drug-likeness (QED) is 0.566. The van der Waals surface area contributed by atoms with E-state index in [2.05, 4.69) is 69.8 Å². The van der Waals surface area contributed by atoms with E-state index in [-0.39, 0.29) is 0 Å². The molecule has 0 aliphatic heterocycles. The number of aromatic nitrogens is 1. The number of hydrogen-bond acceptors (Lipinski definition) is 0. The van der Waals surface area contributed by atoms with Gasteiger partial charge in [-0.15, -0.1) is 0 Å². The SMILES string of the molecule is Cc1cc2c(cc1-c1ccc(CC(C)(C)C)c[n+]1C)CC1(CCCCC1)C2. The van der Waals surface area contributed by atoms with E-state index >= 15 is 0 Å². The normalized spacial score (nSPS) is 18.7. The highest BCUT2D eigenvalue weighted by Gasteiger charge is 2.38. The summed E-state index contributed by atoms with van der Waals surface area (Å²) in [5.41, 5.74) is 9.79. The number of benzene rings is 1. The van der Waals surface area contributed by atoms with Gasteiger partial charge in [0.2, 0.25) is 5.69 Å². The molecule has 2 aliphatic carbocycles. The van der Waals surface area contributed by atoms with Gasteiger partial charge in [-0.05, 0) is 78.7 Å². The van der Waals surface area contributed by atoms with Crippen LogP contribution >= 0.6 is 0 Å². The van der Waals surface area contributed by atoms with Gasteiger partial charge in [-0.25, -0.2) is 4.57 Å². The Kier molecular flexibility index (Phi) is 4.69. The predicted molar refractivity (Wildman–Crippen MR) is 114 cm³/mol. The maximum absolute atomic E-state index is 2.52. The summed E-state index contributed by atoms with van der Waals surface area (Å²) in [6.45, 7) is 9.23. The molecule has 1 saturated carbocycles. The molecule has 1 spiro atoms. The second-order valence-electron chi connectivity index (χ2n) is 10.6. The summed E-state index contributed by atoms with van der Waals surface area (Å²) < 4.78 is 2.33. The van der Waals surface area contributed by atoms with Crippen LogP contribution in [0, 0.1) is 17.8 Å². The molecule has 0 radical (unpaired) electrons. The lowest BCUT2D eigenvalue weighted by Crippen LogP contribution is -2.32. The van der Waals surface area contributed by atoms with E-state index in [9.17, 15) is 0 Å². The third-order valence-corrected chi connectivity index (χ3v) is 6.80. The molecule has 0 unspecified atom stereocenters. The molecule has 0 N–H and O–H groups in total. The Labute approximate surface area is 165 Å². The molecule has 0 saturated heterocycles. The monoisotopic (exact) mass is 362 g/mol. The van der Waals surface area contributed by atoms with Crippen LogP contribution < -0.4 is 4.57 Å². The molecule has 2 aliphatic rings. The van der Waals surface area contributed by atoms with Crippen LogP contribution in [0.1, 0.15) is 75.1 Å².